The topological polar surface area (TPSA) is 0 Å². The van der Waals surface area contributed by atoms with E-state index in [2.05, 4.69) is 0 Å². The van der Waals surface area contributed by atoms with Crippen LogP contribution in [0.3, 0.4) is 0 Å². The van der Waals surface area contributed by atoms with Crippen LogP contribution in [-0.4, -0.2) is 27.3 Å². The van der Waals surface area contributed by atoms with Gasteiger partial charge in [-0.3, -0.25) is 0 Å². The number of hydrogen-bond acceptors (Lipinski definition) is 0. The van der Waals surface area contributed by atoms with Crippen LogP contribution in [0.15, 0.2) is 0 Å². The normalized spacial score (nSPS) is 0. The molecule has 5 heteroatoms. The zero-order valence-corrected chi connectivity index (χ0v) is 12.5. The van der Waals surface area contributed by atoms with Crippen LogP contribution in [-0.2, 0) is 76.0 Å². The van der Waals surface area contributed by atoms with E-state index in [0.29, 0.717) is 0 Å². The van der Waals surface area contributed by atoms with E-state index in [1.54, 1.807) is 0 Å². The van der Waals surface area contributed by atoms with Gasteiger partial charge in [0, 0.05) is 103 Å². The summed E-state index contributed by atoms with van der Waals surface area (Å²) in [7, 11) is 0. The molecule has 0 heterocycles. The minimum absolute atomic E-state index is 0. The van der Waals surface area contributed by atoms with E-state index in [0.717, 1.165) is 0 Å². The molecule has 0 aromatic rings. The molecule has 0 spiro atoms. The third-order valence-electron chi connectivity index (χ3n) is 0. The predicted molar refractivity (Wildman–Crippen MR) is 5.75 cm³/mol. The standard InChI is InChI=1S/Ag.Cu.Fe.Pb.Zn. The molecule has 0 N–H and O–H groups in total. The van der Waals surface area contributed by atoms with Gasteiger partial charge in [-0.15, -0.1) is 0 Å². The van der Waals surface area contributed by atoms with Crippen molar-refractivity contribution >= 4 is 27.3 Å². The Morgan fingerprint density at radius 1 is 1.00 bits per heavy atom. The Labute approximate surface area is 101 Å². The smallest absolute Gasteiger partial charge is 0 e. The second-order valence-electron chi connectivity index (χ2n) is 0. The van der Waals surface area contributed by atoms with Crippen LogP contribution in [0.25, 0.3) is 0 Å². The predicted octanol–water partition coefficient (Wildman–Crippen LogP) is -0.391. The van der Waals surface area contributed by atoms with Crippen molar-refractivity contribution < 1.29 is 76.0 Å². The maximum Gasteiger partial charge on any atom is 0 e. The van der Waals surface area contributed by atoms with E-state index < -0.39 is 0 Å². The zero-order chi connectivity index (χ0) is 0. The van der Waals surface area contributed by atoms with Crippen LogP contribution in [0.4, 0.5) is 0 Å². The molecule has 5 heavy (non-hydrogen) atoms. The summed E-state index contributed by atoms with van der Waals surface area (Å²) in [6.45, 7) is 0. The van der Waals surface area contributed by atoms with Gasteiger partial charge in [0.15, 0.2) is 0 Å². The average molecular weight is 500 g/mol. The molecule has 6 radical (unpaired) electrons. The monoisotopic (exact) mass is 498 g/mol. The summed E-state index contributed by atoms with van der Waals surface area (Å²) < 4.78 is 0. The first-order valence-corrected chi connectivity index (χ1v) is 0. The second kappa shape index (κ2) is 26.5. The number of hydrogen-bond donors (Lipinski definition) is 0. The van der Waals surface area contributed by atoms with Crippen molar-refractivity contribution in [2.75, 3.05) is 0 Å². The van der Waals surface area contributed by atoms with Crippen molar-refractivity contribution in [3.63, 3.8) is 0 Å². The number of rotatable bonds is 0. The van der Waals surface area contributed by atoms with Gasteiger partial charge in [0.1, 0.15) is 0 Å². The molecule has 0 unspecified atom stereocenters. The molecule has 0 aliphatic carbocycles. The second-order valence-corrected chi connectivity index (χ2v) is 0. The molecule has 0 amide bonds. The van der Waals surface area contributed by atoms with Gasteiger partial charge >= 0.3 is 0 Å². The average Bonchev–Trinajstić information content (AvgIpc) is 0. The molecular weight excluding hydrogens is 500 g/mol. The maximum absolute atomic E-state index is 0. The fourth-order valence-corrected chi connectivity index (χ4v) is 0. The fourth-order valence-electron chi connectivity index (χ4n) is 0. The summed E-state index contributed by atoms with van der Waals surface area (Å²) >= 11 is 0. The van der Waals surface area contributed by atoms with Gasteiger partial charge in [-0.05, 0) is 0 Å². The van der Waals surface area contributed by atoms with E-state index in [1.165, 1.54) is 0 Å². The maximum atomic E-state index is 0. The molecule has 0 nitrogen and oxygen atoms in total. The first kappa shape index (κ1) is 40.4. The van der Waals surface area contributed by atoms with E-state index in [4.69, 9.17) is 0 Å². The third kappa shape index (κ3) is 18.8. The molecule has 0 saturated heterocycles. The van der Waals surface area contributed by atoms with Crippen molar-refractivity contribution in [3.05, 3.63) is 0 Å². The van der Waals surface area contributed by atoms with Gasteiger partial charge in [0.2, 0.25) is 0 Å². The zero-order valence-electron chi connectivity index (χ0n) is 2.16. The summed E-state index contributed by atoms with van der Waals surface area (Å²) in [5, 5.41) is 0. The Bertz CT molecular complexity index is 11.6. The fraction of sp³-hybridized carbons (Fsp3) is 0. The molecular formula is AgCuFePbZn. The van der Waals surface area contributed by atoms with Crippen LogP contribution in [0.5, 0.6) is 0 Å². The Balaban J connectivity index is 0. The third-order valence-corrected chi connectivity index (χ3v) is 0. The summed E-state index contributed by atoms with van der Waals surface area (Å²) in [5.41, 5.74) is 0. The minimum atomic E-state index is 0. The largest absolute Gasteiger partial charge is 0 e. The van der Waals surface area contributed by atoms with Crippen molar-refractivity contribution in [2.45, 2.75) is 0 Å². The van der Waals surface area contributed by atoms with Crippen LogP contribution >= 0.6 is 0 Å². The van der Waals surface area contributed by atoms with Crippen molar-refractivity contribution in [1.82, 2.24) is 0 Å². The van der Waals surface area contributed by atoms with Crippen LogP contribution in [0, 0.1) is 0 Å². The van der Waals surface area contributed by atoms with Crippen molar-refractivity contribution in [1.29, 1.82) is 0 Å². The van der Waals surface area contributed by atoms with E-state index >= 15 is 0 Å². The summed E-state index contributed by atoms with van der Waals surface area (Å²) in [6, 6.07) is 0. The molecule has 0 bridgehead atoms. The molecule has 0 aromatic carbocycles. The molecule has 0 rings (SSSR count). The summed E-state index contributed by atoms with van der Waals surface area (Å²) in [4.78, 5) is 0. The molecule has 0 aliphatic rings. The van der Waals surface area contributed by atoms with Crippen molar-refractivity contribution in [3.8, 4) is 0 Å². The van der Waals surface area contributed by atoms with E-state index in [9.17, 15) is 0 Å². The van der Waals surface area contributed by atoms with Gasteiger partial charge in [0.05, 0.1) is 0 Å². The first-order chi connectivity index (χ1) is 0. The van der Waals surface area contributed by atoms with Crippen LogP contribution < -0.4 is 0 Å². The molecule has 0 aliphatic heterocycles. The molecule has 0 fully saturated rings. The molecule has 0 aromatic heterocycles. The molecule has 0 atom stereocenters. The van der Waals surface area contributed by atoms with Crippen molar-refractivity contribution in [2.24, 2.45) is 0 Å². The molecule has 0 saturated carbocycles. The van der Waals surface area contributed by atoms with Gasteiger partial charge in [0.25, 0.3) is 0 Å². The Morgan fingerprint density at radius 3 is 1.00 bits per heavy atom. The molecule has 36 valence electrons. The Kier molecular flexibility index (Phi) is 214. The summed E-state index contributed by atoms with van der Waals surface area (Å²) in [6.07, 6.45) is 0. The Hall–Kier alpha value is 3.32. The minimum Gasteiger partial charge on any atom is 0 e. The van der Waals surface area contributed by atoms with Crippen LogP contribution in [0.2, 0.25) is 0 Å². The van der Waals surface area contributed by atoms with E-state index in [-0.39, 0.29) is 103 Å². The van der Waals surface area contributed by atoms with Gasteiger partial charge in [-0.25, -0.2) is 0 Å². The quantitative estimate of drug-likeness (QED) is 0.398. The van der Waals surface area contributed by atoms with E-state index in [1.807, 2.05) is 0 Å². The summed E-state index contributed by atoms with van der Waals surface area (Å²) in [5.74, 6) is 0. The van der Waals surface area contributed by atoms with Gasteiger partial charge in [-0.2, -0.15) is 0 Å². The van der Waals surface area contributed by atoms with Crippen LogP contribution in [0.1, 0.15) is 0 Å². The Morgan fingerprint density at radius 2 is 1.00 bits per heavy atom. The van der Waals surface area contributed by atoms with Gasteiger partial charge < -0.3 is 0 Å². The first-order valence-electron chi connectivity index (χ1n) is 0. The SMILES string of the molecule is [Ag].[Cu].[Fe].[Pb].[Zn]. The van der Waals surface area contributed by atoms with Gasteiger partial charge in [-0.1, -0.05) is 0 Å².